The van der Waals surface area contributed by atoms with E-state index in [1.807, 2.05) is 6.92 Å². The second-order valence-corrected chi connectivity index (χ2v) is 6.39. The van der Waals surface area contributed by atoms with Crippen molar-refractivity contribution in [1.82, 2.24) is 10.3 Å². The van der Waals surface area contributed by atoms with Crippen molar-refractivity contribution in [3.05, 3.63) is 24.0 Å². The lowest BCUT2D eigenvalue weighted by Crippen LogP contribution is -2.31. The first-order chi connectivity index (χ1) is 9.88. The quantitative estimate of drug-likeness (QED) is 0.695. The minimum Gasteiger partial charge on any atom is -0.481 e. The molecule has 0 bridgehead atoms. The van der Waals surface area contributed by atoms with E-state index in [2.05, 4.69) is 15.6 Å². The van der Waals surface area contributed by atoms with Gasteiger partial charge in [-0.2, -0.15) is 0 Å². The molecule has 7 nitrogen and oxygen atoms in total. The fourth-order valence-corrected chi connectivity index (χ4v) is 1.94. The van der Waals surface area contributed by atoms with Gasteiger partial charge in [0.05, 0.1) is 24.0 Å². The van der Waals surface area contributed by atoms with Gasteiger partial charge in [-0.15, -0.1) is 0 Å². The summed E-state index contributed by atoms with van der Waals surface area (Å²) < 4.78 is 11.2. The van der Waals surface area contributed by atoms with Crippen LogP contribution in [-0.4, -0.2) is 44.4 Å². The van der Waals surface area contributed by atoms with Crippen molar-refractivity contribution in [2.75, 3.05) is 18.1 Å². The minimum atomic E-state index is -0.955. The average Bonchev–Trinajstić information content (AvgIpc) is 2.40. The van der Waals surface area contributed by atoms with Crippen LogP contribution < -0.4 is 10.6 Å². The number of carbonyl (C=O) groups excluding carboxylic acids is 1. The second-order valence-electron chi connectivity index (χ2n) is 4.59. The third-order valence-electron chi connectivity index (χ3n) is 2.82. The fourth-order valence-electron chi connectivity index (χ4n) is 1.49. The zero-order valence-electron chi connectivity index (χ0n) is 12.0. The first-order valence-electron chi connectivity index (χ1n) is 6.42. The second kappa shape index (κ2) is 8.35. The van der Waals surface area contributed by atoms with E-state index in [0.717, 1.165) is 0 Å². The molecule has 1 rings (SSSR count). The third kappa shape index (κ3) is 6.84. The number of anilines is 1. The fraction of sp³-hybridized carbons (Fsp3) is 0.462. The molecular formula is C13H19N3O4S. The standard InChI is InChI=1S/C13H19N3O4S/c1-9(21(2)20)5-6-14-13(19)16-11-4-3-10(15-8-11)7-12(17)18/h3-4,8-9H,5-7H2,1-2H3,(H,17,18)(H2,14,16,19). The molecule has 1 heterocycles. The van der Waals surface area contributed by atoms with Gasteiger partial charge in [0, 0.05) is 28.9 Å². The highest BCUT2D eigenvalue weighted by Crippen LogP contribution is 2.06. The van der Waals surface area contributed by atoms with Gasteiger partial charge in [-0.1, -0.05) is 6.92 Å². The molecule has 0 aliphatic rings. The molecule has 2 amide bonds. The summed E-state index contributed by atoms with van der Waals surface area (Å²) in [6.45, 7) is 2.29. The lowest BCUT2D eigenvalue weighted by molar-refractivity contribution is -0.136. The Bertz CT molecular complexity index is 519. The predicted octanol–water partition coefficient (Wildman–Crippen LogP) is 0.987. The summed E-state index contributed by atoms with van der Waals surface area (Å²) in [7, 11) is -0.900. The number of carboxylic acids is 1. The zero-order chi connectivity index (χ0) is 15.8. The number of nitrogens with one attached hydrogen (secondary N) is 2. The van der Waals surface area contributed by atoms with Gasteiger partial charge in [-0.25, -0.2) is 4.79 Å². The van der Waals surface area contributed by atoms with E-state index < -0.39 is 16.8 Å². The molecule has 1 aromatic heterocycles. The summed E-state index contributed by atoms with van der Waals surface area (Å²) in [5, 5.41) is 13.9. The van der Waals surface area contributed by atoms with Gasteiger partial charge in [0.15, 0.2) is 0 Å². The summed E-state index contributed by atoms with van der Waals surface area (Å²) in [6.07, 6.45) is 3.52. The Morgan fingerprint density at radius 1 is 1.43 bits per heavy atom. The number of aromatic nitrogens is 1. The van der Waals surface area contributed by atoms with Crippen LogP contribution in [0.15, 0.2) is 18.3 Å². The van der Waals surface area contributed by atoms with Crippen LogP contribution in [0.5, 0.6) is 0 Å². The number of urea groups is 1. The third-order valence-corrected chi connectivity index (χ3v) is 4.19. The molecule has 0 aromatic carbocycles. The Morgan fingerprint density at radius 2 is 2.14 bits per heavy atom. The first-order valence-corrected chi connectivity index (χ1v) is 8.04. The molecule has 3 N–H and O–H groups in total. The summed E-state index contributed by atoms with van der Waals surface area (Å²) >= 11 is 0. The molecule has 21 heavy (non-hydrogen) atoms. The van der Waals surface area contributed by atoms with Crippen molar-refractivity contribution in [3.63, 3.8) is 0 Å². The van der Waals surface area contributed by atoms with Gasteiger partial charge in [0.1, 0.15) is 0 Å². The number of aliphatic carboxylic acids is 1. The van der Waals surface area contributed by atoms with Crippen molar-refractivity contribution in [1.29, 1.82) is 0 Å². The number of amides is 2. The molecule has 0 saturated carbocycles. The average molecular weight is 313 g/mol. The van der Waals surface area contributed by atoms with Gasteiger partial charge < -0.3 is 15.7 Å². The van der Waals surface area contributed by atoms with Crippen molar-refractivity contribution in [2.45, 2.75) is 25.0 Å². The molecule has 1 aromatic rings. The first kappa shape index (κ1) is 17.1. The topological polar surface area (TPSA) is 108 Å². The predicted molar refractivity (Wildman–Crippen MR) is 80.7 cm³/mol. The Balaban J connectivity index is 2.37. The molecule has 0 aliphatic carbocycles. The lowest BCUT2D eigenvalue weighted by atomic mass is 10.2. The molecule has 0 aliphatic heterocycles. The number of rotatable bonds is 7. The molecule has 2 atom stereocenters. The molecule has 0 saturated heterocycles. The molecule has 0 fully saturated rings. The maximum absolute atomic E-state index is 11.6. The highest BCUT2D eigenvalue weighted by Gasteiger charge is 2.07. The maximum atomic E-state index is 11.6. The Kier molecular flexibility index (Phi) is 6.80. The van der Waals surface area contributed by atoms with Crippen LogP contribution in [0.4, 0.5) is 10.5 Å². The smallest absolute Gasteiger partial charge is 0.319 e. The number of carbonyl (C=O) groups is 2. The number of hydrogen-bond acceptors (Lipinski definition) is 4. The summed E-state index contributed by atoms with van der Waals surface area (Å²) in [6, 6.07) is 2.76. The van der Waals surface area contributed by atoms with Crippen molar-refractivity contribution in [3.8, 4) is 0 Å². The van der Waals surface area contributed by atoms with E-state index in [1.165, 1.54) is 6.20 Å². The van der Waals surface area contributed by atoms with Crippen molar-refractivity contribution in [2.24, 2.45) is 0 Å². The van der Waals surface area contributed by atoms with E-state index in [9.17, 15) is 13.8 Å². The number of carboxylic acid groups (broad SMARTS) is 1. The molecule has 0 radical (unpaired) electrons. The summed E-state index contributed by atoms with van der Waals surface area (Å²) in [4.78, 5) is 26.1. The van der Waals surface area contributed by atoms with Gasteiger partial charge >= 0.3 is 12.0 Å². The van der Waals surface area contributed by atoms with Gasteiger partial charge in [-0.05, 0) is 18.6 Å². The molecule has 8 heteroatoms. The SMILES string of the molecule is CC(CCNC(=O)Nc1ccc(CC(=O)O)nc1)S(C)=O. The lowest BCUT2D eigenvalue weighted by Gasteiger charge is -2.10. The number of hydrogen-bond donors (Lipinski definition) is 3. The van der Waals surface area contributed by atoms with Crippen LogP contribution in [-0.2, 0) is 22.0 Å². The van der Waals surface area contributed by atoms with E-state index in [4.69, 9.17) is 5.11 Å². The molecule has 116 valence electrons. The highest BCUT2D eigenvalue weighted by atomic mass is 32.2. The van der Waals surface area contributed by atoms with E-state index in [1.54, 1.807) is 18.4 Å². The van der Waals surface area contributed by atoms with Gasteiger partial charge in [-0.3, -0.25) is 14.0 Å². The van der Waals surface area contributed by atoms with Crippen LogP contribution in [0.2, 0.25) is 0 Å². The van der Waals surface area contributed by atoms with Crippen LogP contribution in [0.3, 0.4) is 0 Å². The van der Waals surface area contributed by atoms with E-state index in [0.29, 0.717) is 24.3 Å². The zero-order valence-corrected chi connectivity index (χ0v) is 12.8. The number of pyridine rings is 1. The van der Waals surface area contributed by atoms with E-state index >= 15 is 0 Å². The Labute approximate surface area is 125 Å². The minimum absolute atomic E-state index is 0.0299. The van der Waals surface area contributed by atoms with Gasteiger partial charge in [0.2, 0.25) is 0 Å². The molecule has 0 spiro atoms. The summed E-state index contributed by atoms with van der Waals surface area (Å²) in [5.74, 6) is -0.955. The largest absolute Gasteiger partial charge is 0.481 e. The summed E-state index contributed by atoms with van der Waals surface area (Å²) in [5.41, 5.74) is 0.904. The van der Waals surface area contributed by atoms with Crippen molar-refractivity contribution >= 4 is 28.5 Å². The van der Waals surface area contributed by atoms with E-state index in [-0.39, 0.29) is 17.7 Å². The normalized spacial score (nSPS) is 13.2. The number of nitrogens with zero attached hydrogens (tertiary/aromatic N) is 1. The molecular weight excluding hydrogens is 294 g/mol. The van der Waals surface area contributed by atoms with Crippen LogP contribution >= 0.6 is 0 Å². The monoisotopic (exact) mass is 313 g/mol. The van der Waals surface area contributed by atoms with Gasteiger partial charge in [0.25, 0.3) is 0 Å². The van der Waals surface area contributed by atoms with Crippen molar-refractivity contribution < 1.29 is 18.9 Å². The van der Waals surface area contributed by atoms with Crippen LogP contribution in [0, 0.1) is 0 Å². The Hall–Kier alpha value is -1.96. The highest BCUT2D eigenvalue weighted by molar-refractivity contribution is 7.84. The van der Waals surface area contributed by atoms with Crippen LogP contribution in [0.1, 0.15) is 19.0 Å². The maximum Gasteiger partial charge on any atom is 0.319 e. The Morgan fingerprint density at radius 3 is 2.67 bits per heavy atom. The molecule has 2 unspecified atom stereocenters. The van der Waals surface area contributed by atoms with Crippen LogP contribution in [0.25, 0.3) is 0 Å².